The number of phenolic OH excluding ortho intramolecular Hbond substituents is 1. The summed E-state index contributed by atoms with van der Waals surface area (Å²) in [7, 11) is 0. The van der Waals surface area contributed by atoms with Gasteiger partial charge >= 0.3 is 5.97 Å². The molecule has 0 aliphatic carbocycles. The Kier molecular flexibility index (Phi) is 5.42. The topological polar surface area (TPSA) is 95.9 Å². The van der Waals surface area contributed by atoms with E-state index in [-0.39, 0.29) is 17.0 Å². The molecule has 0 unspecified atom stereocenters. The highest BCUT2D eigenvalue weighted by atomic mass is 16.5. The second-order valence-corrected chi connectivity index (χ2v) is 5.72. The molecule has 0 aliphatic rings. The number of benzene rings is 2. The third-order valence-corrected chi connectivity index (χ3v) is 3.19. The standard InChI is InChI=1S/C18H19NO5/c1-11(2)10-24-14-6-3-12(4-7-14)17(21)19-15-8-5-13(18(22)23)9-16(15)20/h3-9,11,20H,10H2,1-2H3,(H,19,21)(H,22,23). The first-order valence-corrected chi connectivity index (χ1v) is 7.47. The summed E-state index contributed by atoms with van der Waals surface area (Å²) in [5.41, 5.74) is 0.482. The summed E-state index contributed by atoms with van der Waals surface area (Å²) in [6.07, 6.45) is 0. The van der Waals surface area contributed by atoms with Crippen LogP contribution in [0.1, 0.15) is 34.6 Å². The van der Waals surface area contributed by atoms with E-state index < -0.39 is 11.9 Å². The maximum Gasteiger partial charge on any atom is 0.335 e. The Bertz CT molecular complexity index is 738. The lowest BCUT2D eigenvalue weighted by Crippen LogP contribution is -2.12. The molecule has 0 aliphatic heterocycles. The average Bonchev–Trinajstić information content (AvgIpc) is 2.55. The van der Waals surface area contributed by atoms with Gasteiger partial charge in [-0.1, -0.05) is 13.8 Å². The van der Waals surface area contributed by atoms with Crippen molar-refractivity contribution in [2.45, 2.75) is 13.8 Å². The van der Waals surface area contributed by atoms with Gasteiger partial charge in [0.05, 0.1) is 17.9 Å². The number of amides is 1. The molecule has 0 heterocycles. The molecule has 6 heteroatoms. The molecule has 126 valence electrons. The van der Waals surface area contributed by atoms with Crippen molar-refractivity contribution in [3.63, 3.8) is 0 Å². The Morgan fingerprint density at radius 3 is 2.25 bits per heavy atom. The fourth-order valence-corrected chi connectivity index (χ4v) is 1.93. The maximum atomic E-state index is 12.2. The maximum absolute atomic E-state index is 12.2. The van der Waals surface area contributed by atoms with E-state index in [4.69, 9.17) is 9.84 Å². The molecular formula is C18H19NO5. The molecule has 1 amide bonds. The van der Waals surface area contributed by atoms with Gasteiger partial charge < -0.3 is 20.3 Å². The summed E-state index contributed by atoms with van der Waals surface area (Å²) in [6, 6.07) is 10.4. The number of carbonyl (C=O) groups is 2. The lowest BCUT2D eigenvalue weighted by Gasteiger charge is -2.10. The number of carboxylic acids is 1. The normalized spacial score (nSPS) is 10.5. The van der Waals surface area contributed by atoms with Gasteiger partial charge in [0, 0.05) is 5.56 Å². The molecule has 24 heavy (non-hydrogen) atoms. The van der Waals surface area contributed by atoms with E-state index in [9.17, 15) is 14.7 Å². The highest BCUT2D eigenvalue weighted by Crippen LogP contribution is 2.25. The first kappa shape index (κ1) is 17.3. The summed E-state index contributed by atoms with van der Waals surface area (Å²) in [5, 5.41) is 21.2. The molecule has 0 fully saturated rings. The van der Waals surface area contributed by atoms with Crippen LogP contribution in [-0.2, 0) is 0 Å². The van der Waals surface area contributed by atoms with E-state index in [1.54, 1.807) is 24.3 Å². The zero-order valence-electron chi connectivity index (χ0n) is 13.4. The van der Waals surface area contributed by atoms with Crippen molar-refractivity contribution < 1.29 is 24.5 Å². The average molecular weight is 329 g/mol. The third kappa shape index (κ3) is 4.49. The summed E-state index contributed by atoms with van der Waals surface area (Å²) >= 11 is 0. The van der Waals surface area contributed by atoms with Gasteiger partial charge in [-0.15, -0.1) is 0 Å². The number of hydrogen-bond acceptors (Lipinski definition) is 4. The van der Waals surface area contributed by atoms with Crippen LogP contribution in [0.5, 0.6) is 11.5 Å². The van der Waals surface area contributed by atoms with Crippen LogP contribution in [0.25, 0.3) is 0 Å². The van der Waals surface area contributed by atoms with Gasteiger partial charge in [0.25, 0.3) is 5.91 Å². The smallest absolute Gasteiger partial charge is 0.335 e. The molecule has 0 bridgehead atoms. The molecule has 2 aromatic rings. The summed E-state index contributed by atoms with van der Waals surface area (Å²) in [5.74, 6) is -0.789. The molecule has 0 spiro atoms. The minimum absolute atomic E-state index is 0.0582. The first-order chi connectivity index (χ1) is 11.4. The Balaban J connectivity index is 2.05. The van der Waals surface area contributed by atoms with E-state index in [0.29, 0.717) is 23.8 Å². The van der Waals surface area contributed by atoms with Crippen molar-refractivity contribution in [3.05, 3.63) is 53.6 Å². The number of nitrogens with one attached hydrogen (secondary N) is 1. The van der Waals surface area contributed by atoms with Crippen molar-refractivity contribution in [1.29, 1.82) is 0 Å². The number of carboxylic acid groups (broad SMARTS) is 1. The lowest BCUT2D eigenvalue weighted by molar-refractivity contribution is 0.0696. The number of rotatable bonds is 6. The van der Waals surface area contributed by atoms with Crippen LogP contribution in [0.3, 0.4) is 0 Å². The van der Waals surface area contributed by atoms with Gasteiger partial charge in [0.15, 0.2) is 0 Å². The van der Waals surface area contributed by atoms with Crippen LogP contribution in [0, 0.1) is 5.92 Å². The predicted molar refractivity (Wildman–Crippen MR) is 89.8 cm³/mol. The van der Waals surface area contributed by atoms with Gasteiger partial charge in [0.2, 0.25) is 0 Å². The van der Waals surface area contributed by atoms with Crippen LogP contribution in [0.2, 0.25) is 0 Å². The van der Waals surface area contributed by atoms with Crippen LogP contribution < -0.4 is 10.1 Å². The number of ether oxygens (including phenoxy) is 1. The second-order valence-electron chi connectivity index (χ2n) is 5.72. The van der Waals surface area contributed by atoms with E-state index >= 15 is 0 Å². The van der Waals surface area contributed by atoms with Crippen molar-refractivity contribution >= 4 is 17.6 Å². The molecule has 0 aromatic heterocycles. The van der Waals surface area contributed by atoms with Crippen LogP contribution >= 0.6 is 0 Å². The Hall–Kier alpha value is -3.02. The zero-order chi connectivity index (χ0) is 17.7. The highest BCUT2D eigenvalue weighted by Gasteiger charge is 2.12. The zero-order valence-corrected chi connectivity index (χ0v) is 13.4. The quantitative estimate of drug-likeness (QED) is 0.706. The molecule has 2 rings (SSSR count). The summed E-state index contributed by atoms with van der Waals surface area (Å²) in [6.45, 7) is 4.68. The van der Waals surface area contributed by atoms with Crippen LogP contribution in [0.4, 0.5) is 5.69 Å². The molecule has 3 N–H and O–H groups in total. The molecule has 0 saturated carbocycles. The largest absolute Gasteiger partial charge is 0.506 e. The number of aromatic carboxylic acids is 1. The number of hydrogen-bond donors (Lipinski definition) is 3. The molecule has 6 nitrogen and oxygen atoms in total. The molecule has 2 aromatic carbocycles. The van der Waals surface area contributed by atoms with Crippen molar-refractivity contribution in [2.24, 2.45) is 5.92 Å². The summed E-state index contributed by atoms with van der Waals surface area (Å²) < 4.78 is 5.55. The van der Waals surface area contributed by atoms with Gasteiger partial charge in [-0.25, -0.2) is 4.79 Å². The Morgan fingerprint density at radius 1 is 1.08 bits per heavy atom. The predicted octanol–water partition coefficient (Wildman–Crippen LogP) is 3.38. The molecule has 0 saturated heterocycles. The third-order valence-electron chi connectivity index (χ3n) is 3.19. The second kappa shape index (κ2) is 7.50. The monoisotopic (exact) mass is 329 g/mol. The van der Waals surface area contributed by atoms with E-state index in [1.165, 1.54) is 12.1 Å². The molecular weight excluding hydrogens is 310 g/mol. The molecule has 0 radical (unpaired) electrons. The highest BCUT2D eigenvalue weighted by molar-refractivity contribution is 6.05. The van der Waals surface area contributed by atoms with Gasteiger partial charge in [0.1, 0.15) is 11.5 Å². The van der Waals surface area contributed by atoms with E-state index in [0.717, 1.165) is 6.07 Å². The van der Waals surface area contributed by atoms with Gasteiger partial charge in [-0.2, -0.15) is 0 Å². The van der Waals surface area contributed by atoms with E-state index in [2.05, 4.69) is 5.32 Å². The minimum Gasteiger partial charge on any atom is -0.506 e. The molecule has 0 atom stereocenters. The fraction of sp³-hybridized carbons (Fsp3) is 0.222. The summed E-state index contributed by atoms with van der Waals surface area (Å²) in [4.78, 5) is 23.0. The Labute approximate surface area is 139 Å². The number of carbonyl (C=O) groups excluding carboxylic acids is 1. The minimum atomic E-state index is -1.15. The number of anilines is 1. The fourth-order valence-electron chi connectivity index (χ4n) is 1.93. The first-order valence-electron chi connectivity index (χ1n) is 7.47. The SMILES string of the molecule is CC(C)COc1ccc(C(=O)Nc2ccc(C(=O)O)cc2O)cc1. The number of phenols is 1. The number of aromatic hydroxyl groups is 1. The van der Waals surface area contributed by atoms with Crippen molar-refractivity contribution in [1.82, 2.24) is 0 Å². The van der Waals surface area contributed by atoms with Crippen molar-refractivity contribution in [2.75, 3.05) is 11.9 Å². The van der Waals surface area contributed by atoms with Crippen LogP contribution in [0.15, 0.2) is 42.5 Å². The van der Waals surface area contributed by atoms with E-state index in [1.807, 2.05) is 13.8 Å². The van der Waals surface area contributed by atoms with Gasteiger partial charge in [-0.05, 0) is 48.4 Å². The lowest BCUT2D eigenvalue weighted by atomic mass is 10.1. The Morgan fingerprint density at radius 2 is 1.71 bits per heavy atom. The van der Waals surface area contributed by atoms with Gasteiger partial charge in [-0.3, -0.25) is 4.79 Å². The van der Waals surface area contributed by atoms with Crippen LogP contribution in [-0.4, -0.2) is 28.7 Å². The van der Waals surface area contributed by atoms with Crippen molar-refractivity contribution in [3.8, 4) is 11.5 Å².